The van der Waals surface area contributed by atoms with Crippen molar-refractivity contribution in [2.45, 2.75) is 45.3 Å². The van der Waals surface area contributed by atoms with Gasteiger partial charge in [-0.15, -0.1) is 23.1 Å². The second-order valence-corrected chi connectivity index (χ2v) is 9.39. The Labute approximate surface area is 173 Å². The number of esters is 1. The van der Waals surface area contributed by atoms with E-state index < -0.39 is 6.04 Å². The SMILES string of the molecule is Cc1nc(-c2ccccc2)sc1COC(=O)[C@@H]1CSCN1C(=O)C1CCCC1. The molecular formula is C21H24N2O3S2. The normalized spacial score (nSPS) is 19.9. The van der Waals surface area contributed by atoms with Gasteiger partial charge in [0.25, 0.3) is 0 Å². The molecule has 1 aliphatic heterocycles. The fourth-order valence-corrected chi connectivity index (χ4v) is 5.89. The third-order valence-electron chi connectivity index (χ3n) is 5.40. The summed E-state index contributed by atoms with van der Waals surface area (Å²) < 4.78 is 5.61. The average Bonchev–Trinajstić information content (AvgIpc) is 3.47. The number of hydrogen-bond donors (Lipinski definition) is 0. The van der Waals surface area contributed by atoms with Crippen molar-refractivity contribution >= 4 is 35.0 Å². The number of carbonyl (C=O) groups excluding carboxylic acids is 2. The monoisotopic (exact) mass is 416 g/mol. The second-order valence-electron chi connectivity index (χ2n) is 7.31. The van der Waals surface area contributed by atoms with Gasteiger partial charge in [-0.05, 0) is 19.8 Å². The Morgan fingerprint density at radius 2 is 1.96 bits per heavy atom. The number of ether oxygens (including phenoxy) is 1. The van der Waals surface area contributed by atoms with Crippen LogP contribution in [0.15, 0.2) is 30.3 Å². The highest BCUT2D eigenvalue weighted by molar-refractivity contribution is 7.99. The summed E-state index contributed by atoms with van der Waals surface area (Å²) in [5.74, 6) is 1.13. The summed E-state index contributed by atoms with van der Waals surface area (Å²) in [6.45, 7) is 2.15. The molecule has 0 unspecified atom stereocenters. The molecule has 7 heteroatoms. The van der Waals surface area contributed by atoms with Gasteiger partial charge < -0.3 is 9.64 Å². The van der Waals surface area contributed by atoms with Gasteiger partial charge in [-0.1, -0.05) is 43.2 Å². The van der Waals surface area contributed by atoms with Crippen LogP contribution in [0.25, 0.3) is 10.6 Å². The topological polar surface area (TPSA) is 59.5 Å². The molecule has 0 radical (unpaired) electrons. The van der Waals surface area contributed by atoms with Gasteiger partial charge in [-0.25, -0.2) is 9.78 Å². The quantitative estimate of drug-likeness (QED) is 0.682. The van der Waals surface area contributed by atoms with Crippen molar-refractivity contribution in [1.29, 1.82) is 0 Å². The molecule has 1 amide bonds. The highest BCUT2D eigenvalue weighted by atomic mass is 32.2. The van der Waals surface area contributed by atoms with Crippen molar-refractivity contribution in [2.24, 2.45) is 5.92 Å². The Bertz CT molecular complexity index is 847. The molecule has 28 heavy (non-hydrogen) atoms. The lowest BCUT2D eigenvalue weighted by molar-refractivity contribution is -0.155. The minimum atomic E-state index is -0.458. The number of benzene rings is 1. The molecular weight excluding hydrogens is 392 g/mol. The fraction of sp³-hybridized carbons (Fsp3) is 0.476. The third-order valence-corrected chi connectivity index (χ3v) is 7.59. The number of thioether (sulfide) groups is 1. The molecule has 2 aromatic rings. The van der Waals surface area contributed by atoms with Crippen LogP contribution in [0.5, 0.6) is 0 Å². The lowest BCUT2D eigenvalue weighted by Gasteiger charge is -2.25. The van der Waals surface area contributed by atoms with E-state index in [2.05, 4.69) is 4.98 Å². The summed E-state index contributed by atoms with van der Waals surface area (Å²) in [5, 5.41) is 0.929. The van der Waals surface area contributed by atoms with Crippen LogP contribution in [-0.4, -0.2) is 39.4 Å². The maximum Gasteiger partial charge on any atom is 0.330 e. The van der Waals surface area contributed by atoms with Crippen LogP contribution >= 0.6 is 23.1 Å². The van der Waals surface area contributed by atoms with Crippen molar-refractivity contribution in [2.75, 3.05) is 11.6 Å². The molecule has 0 spiro atoms. The molecule has 2 heterocycles. The summed E-state index contributed by atoms with van der Waals surface area (Å²) in [6.07, 6.45) is 4.12. The van der Waals surface area contributed by atoms with Crippen molar-refractivity contribution in [1.82, 2.24) is 9.88 Å². The van der Waals surface area contributed by atoms with E-state index in [0.717, 1.165) is 46.8 Å². The van der Waals surface area contributed by atoms with Crippen LogP contribution in [0.4, 0.5) is 0 Å². The first kappa shape index (κ1) is 19.5. The lowest BCUT2D eigenvalue weighted by atomic mass is 10.1. The lowest BCUT2D eigenvalue weighted by Crippen LogP contribution is -2.44. The van der Waals surface area contributed by atoms with E-state index in [-0.39, 0.29) is 24.4 Å². The maximum absolute atomic E-state index is 12.7. The number of aryl methyl sites for hydroxylation is 1. The molecule has 0 bridgehead atoms. The first-order valence-electron chi connectivity index (χ1n) is 9.70. The largest absolute Gasteiger partial charge is 0.458 e. The number of amides is 1. The molecule has 2 fully saturated rings. The Morgan fingerprint density at radius 3 is 2.71 bits per heavy atom. The van der Waals surface area contributed by atoms with E-state index >= 15 is 0 Å². The minimum absolute atomic E-state index is 0.0890. The number of carbonyl (C=O) groups is 2. The van der Waals surface area contributed by atoms with E-state index in [1.165, 1.54) is 0 Å². The minimum Gasteiger partial charge on any atom is -0.458 e. The first-order chi connectivity index (χ1) is 13.6. The van der Waals surface area contributed by atoms with Gasteiger partial charge in [0.2, 0.25) is 5.91 Å². The Morgan fingerprint density at radius 1 is 1.21 bits per heavy atom. The molecule has 1 aromatic heterocycles. The van der Waals surface area contributed by atoms with Gasteiger partial charge in [0.1, 0.15) is 17.7 Å². The number of thiazole rings is 1. The molecule has 1 aliphatic carbocycles. The first-order valence-corrected chi connectivity index (χ1v) is 11.7. The van der Waals surface area contributed by atoms with E-state index in [4.69, 9.17) is 4.74 Å². The van der Waals surface area contributed by atoms with Gasteiger partial charge in [0.05, 0.1) is 16.4 Å². The zero-order valence-electron chi connectivity index (χ0n) is 15.9. The summed E-state index contributed by atoms with van der Waals surface area (Å²) in [7, 11) is 0. The van der Waals surface area contributed by atoms with Gasteiger partial charge in [0, 0.05) is 17.2 Å². The highest BCUT2D eigenvalue weighted by Gasteiger charge is 2.39. The third kappa shape index (κ3) is 4.10. The van der Waals surface area contributed by atoms with Crippen LogP contribution in [-0.2, 0) is 20.9 Å². The number of hydrogen-bond acceptors (Lipinski definition) is 6. The molecule has 0 N–H and O–H groups in total. The van der Waals surface area contributed by atoms with Crippen LogP contribution < -0.4 is 0 Å². The van der Waals surface area contributed by atoms with Crippen LogP contribution in [0.1, 0.15) is 36.3 Å². The second kappa shape index (κ2) is 8.66. The number of nitrogens with zero attached hydrogens (tertiary/aromatic N) is 2. The predicted molar refractivity (Wildman–Crippen MR) is 112 cm³/mol. The Balaban J connectivity index is 1.39. The summed E-state index contributed by atoms with van der Waals surface area (Å²) in [4.78, 5) is 32.7. The van der Waals surface area contributed by atoms with Crippen LogP contribution in [0, 0.1) is 12.8 Å². The van der Waals surface area contributed by atoms with Crippen LogP contribution in [0.2, 0.25) is 0 Å². The van der Waals surface area contributed by atoms with E-state index in [1.54, 1.807) is 28.0 Å². The average molecular weight is 417 g/mol. The van der Waals surface area contributed by atoms with Crippen LogP contribution in [0.3, 0.4) is 0 Å². The Kier molecular flexibility index (Phi) is 6.01. The molecule has 1 atom stereocenters. The molecule has 2 aliphatic rings. The molecule has 5 nitrogen and oxygen atoms in total. The predicted octanol–water partition coefficient (Wildman–Crippen LogP) is 4.25. The van der Waals surface area contributed by atoms with Gasteiger partial charge >= 0.3 is 5.97 Å². The Hall–Kier alpha value is -1.86. The van der Waals surface area contributed by atoms with Crippen molar-refractivity contribution in [3.8, 4) is 10.6 Å². The summed E-state index contributed by atoms with van der Waals surface area (Å²) in [6, 6.07) is 9.54. The number of aromatic nitrogens is 1. The molecule has 4 rings (SSSR count). The maximum atomic E-state index is 12.7. The van der Waals surface area contributed by atoms with Crippen molar-refractivity contribution in [3.63, 3.8) is 0 Å². The molecule has 148 valence electrons. The van der Waals surface area contributed by atoms with Gasteiger partial charge in [0.15, 0.2) is 0 Å². The zero-order chi connectivity index (χ0) is 19.5. The molecule has 1 saturated carbocycles. The fourth-order valence-electron chi connectivity index (χ4n) is 3.76. The molecule has 1 aromatic carbocycles. The van der Waals surface area contributed by atoms with Gasteiger partial charge in [-0.2, -0.15) is 0 Å². The van der Waals surface area contributed by atoms with Crippen molar-refractivity contribution < 1.29 is 14.3 Å². The smallest absolute Gasteiger partial charge is 0.330 e. The van der Waals surface area contributed by atoms with E-state index in [9.17, 15) is 9.59 Å². The van der Waals surface area contributed by atoms with Gasteiger partial charge in [-0.3, -0.25) is 4.79 Å². The van der Waals surface area contributed by atoms with E-state index in [0.29, 0.717) is 11.6 Å². The highest BCUT2D eigenvalue weighted by Crippen LogP contribution is 2.32. The van der Waals surface area contributed by atoms with Crippen molar-refractivity contribution in [3.05, 3.63) is 40.9 Å². The van der Waals surface area contributed by atoms with E-state index in [1.807, 2.05) is 37.3 Å². The summed E-state index contributed by atoms with van der Waals surface area (Å²) in [5.41, 5.74) is 1.95. The molecule has 1 saturated heterocycles. The standard InChI is InChI=1S/C21H24N2O3S2/c1-14-18(28-19(22-14)15-7-3-2-4-8-15)11-26-21(25)17-12-27-13-23(17)20(24)16-9-5-6-10-16/h2-4,7-8,16-17H,5-6,9-13H2,1H3/t17-/m0/s1. The zero-order valence-corrected chi connectivity index (χ0v) is 17.6. The summed E-state index contributed by atoms with van der Waals surface area (Å²) >= 11 is 3.18. The number of rotatable bonds is 5.